The first-order valence-corrected chi connectivity index (χ1v) is 7.58. The smallest absolute Gasteiger partial charge is 0.279 e. The monoisotopic (exact) mass is 335 g/mol. The minimum absolute atomic E-state index is 0.0256. The lowest BCUT2D eigenvalue weighted by molar-refractivity contribution is -0.885. The number of aryl methyl sites for hydroxylation is 1. The lowest BCUT2D eigenvalue weighted by Gasteiger charge is -2.16. The van der Waals surface area contributed by atoms with Gasteiger partial charge < -0.3 is 15.0 Å². The summed E-state index contributed by atoms with van der Waals surface area (Å²) in [5.74, 6) is -1.05. The highest BCUT2D eigenvalue weighted by Crippen LogP contribution is 2.18. The summed E-state index contributed by atoms with van der Waals surface area (Å²) in [7, 11) is 3.47. The average Bonchev–Trinajstić information content (AvgIpc) is 2.50. The molecule has 0 aromatic heterocycles. The van der Waals surface area contributed by atoms with E-state index >= 15 is 0 Å². The molecule has 6 heteroatoms. The summed E-state index contributed by atoms with van der Waals surface area (Å²) < 4.78 is 31.8. The van der Waals surface area contributed by atoms with Gasteiger partial charge in [-0.15, -0.1) is 0 Å². The van der Waals surface area contributed by atoms with Gasteiger partial charge in [0.2, 0.25) is 0 Å². The summed E-state index contributed by atoms with van der Waals surface area (Å²) in [5.41, 5.74) is 2.08. The van der Waals surface area contributed by atoms with Crippen molar-refractivity contribution in [1.82, 2.24) is 0 Å². The van der Waals surface area contributed by atoms with Crippen molar-refractivity contribution in [2.75, 3.05) is 26.0 Å². The molecule has 0 saturated carbocycles. The molecule has 0 spiro atoms. The summed E-state index contributed by atoms with van der Waals surface area (Å²) in [5, 5.41) is 2.46. The lowest BCUT2D eigenvalue weighted by atomic mass is 10.1. The Bertz CT molecular complexity index is 735. The molecule has 0 aliphatic rings. The van der Waals surface area contributed by atoms with Gasteiger partial charge in [-0.2, -0.15) is 0 Å². The van der Waals surface area contributed by atoms with Gasteiger partial charge in [0.15, 0.2) is 6.54 Å². The number of hydrogen-bond acceptors (Lipinski definition) is 2. The Labute approximate surface area is 140 Å². The van der Waals surface area contributed by atoms with Crippen LogP contribution >= 0.6 is 0 Å². The van der Waals surface area contributed by atoms with E-state index in [4.69, 9.17) is 4.74 Å². The molecule has 1 atom stereocenters. The highest BCUT2D eigenvalue weighted by molar-refractivity contribution is 5.91. The van der Waals surface area contributed by atoms with E-state index in [0.29, 0.717) is 6.54 Å². The highest BCUT2D eigenvalue weighted by Gasteiger charge is 2.15. The zero-order chi connectivity index (χ0) is 17.7. The number of benzene rings is 2. The molecule has 128 valence electrons. The molecule has 4 nitrogen and oxygen atoms in total. The van der Waals surface area contributed by atoms with Crippen LogP contribution in [0.2, 0.25) is 0 Å². The molecule has 0 aliphatic heterocycles. The highest BCUT2D eigenvalue weighted by atomic mass is 19.1. The molecule has 0 aliphatic carbocycles. The summed E-state index contributed by atoms with van der Waals surface area (Å²) in [6, 6.07) is 8.92. The van der Waals surface area contributed by atoms with Crippen molar-refractivity contribution in [3.63, 3.8) is 0 Å². The number of halogens is 2. The third kappa shape index (κ3) is 4.76. The topological polar surface area (TPSA) is 42.8 Å². The van der Waals surface area contributed by atoms with Gasteiger partial charge in [0.1, 0.15) is 23.9 Å². The Morgan fingerprint density at radius 2 is 1.96 bits per heavy atom. The fraction of sp³-hybridized carbons (Fsp3) is 0.278. The first-order chi connectivity index (χ1) is 11.4. The van der Waals surface area contributed by atoms with Crippen molar-refractivity contribution in [2.45, 2.75) is 13.5 Å². The molecule has 0 bridgehead atoms. The van der Waals surface area contributed by atoms with Gasteiger partial charge in [-0.1, -0.05) is 11.6 Å². The second kappa shape index (κ2) is 7.88. The van der Waals surface area contributed by atoms with E-state index in [0.717, 1.165) is 33.9 Å². The van der Waals surface area contributed by atoms with E-state index in [1.165, 1.54) is 6.07 Å². The summed E-state index contributed by atoms with van der Waals surface area (Å²) in [6.07, 6.45) is 0. The Morgan fingerprint density at radius 1 is 1.21 bits per heavy atom. The minimum Gasteiger partial charge on any atom is -0.496 e. The van der Waals surface area contributed by atoms with Crippen LogP contribution in [0.5, 0.6) is 5.75 Å². The molecular formula is C18H21F2N2O2+. The number of likely N-dealkylation sites (N-methyl/N-ethyl adjacent to an activating group) is 1. The van der Waals surface area contributed by atoms with Crippen molar-refractivity contribution in [2.24, 2.45) is 0 Å². The quantitative estimate of drug-likeness (QED) is 0.847. The zero-order valence-electron chi connectivity index (χ0n) is 14.0. The number of rotatable bonds is 6. The maximum absolute atomic E-state index is 13.6. The van der Waals surface area contributed by atoms with Crippen molar-refractivity contribution in [1.29, 1.82) is 0 Å². The number of anilines is 1. The van der Waals surface area contributed by atoms with Crippen molar-refractivity contribution in [3.8, 4) is 5.75 Å². The second-order valence-corrected chi connectivity index (χ2v) is 5.80. The fourth-order valence-corrected chi connectivity index (χ4v) is 2.49. The fourth-order valence-electron chi connectivity index (χ4n) is 2.49. The van der Waals surface area contributed by atoms with Gasteiger partial charge in [0, 0.05) is 11.6 Å². The van der Waals surface area contributed by atoms with Crippen LogP contribution in [0.4, 0.5) is 14.5 Å². The molecule has 2 aromatic rings. The normalized spacial score (nSPS) is 11.9. The van der Waals surface area contributed by atoms with Crippen LogP contribution in [0.3, 0.4) is 0 Å². The van der Waals surface area contributed by atoms with Crippen LogP contribution < -0.4 is 15.0 Å². The number of ether oxygens (including phenoxy) is 1. The number of methoxy groups -OCH3 is 1. The standard InChI is InChI=1S/C18H20F2N2O2/c1-12-4-7-17(24-3)13(8-12)10-22(2)11-18(23)21-16-6-5-14(19)9-15(16)20/h4-9H,10-11H2,1-3H3,(H,21,23)/p+1. The largest absolute Gasteiger partial charge is 0.496 e. The summed E-state index contributed by atoms with van der Waals surface area (Å²) in [6.45, 7) is 2.72. The van der Waals surface area contributed by atoms with Crippen LogP contribution in [-0.4, -0.2) is 26.6 Å². The maximum Gasteiger partial charge on any atom is 0.279 e. The van der Waals surface area contributed by atoms with Crippen LogP contribution in [0.1, 0.15) is 11.1 Å². The van der Waals surface area contributed by atoms with Crippen molar-refractivity contribution in [3.05, 3.63) is 59.2 Å². The SMILES string of the molecule is COc1ccc(C)cc1C[NH+](C)CC(=O)Nc1ccc(F)cc1F. The van der Waals surface area contributed by atoms with Crippen LogP contribution in [0, 0.1) is 18.6 Å². The molecule has 0 radical (unpaired) electrons. The van der Waals surface area contributed by atoms with Gasteiger partial charge in [-0.05, 0) is 31.2 Å². The van der Waals surface area contributed by atoms with E-state index in [9.17, 15) is 13.6 Å². The van der Waals surface area contributed by atoms with Crippen LogP contribution in [-0.2, 0) is 11.3 Å². The molecule has 0 saturated heterocycles. The average molecular weight is 335 g/mol. The predicted octanol–water partition coefficient (Wildman–Crippen LogP) is 1.94. The Morgan fingerprint density at radius 3 is 2.62 bits per heavy atom. The zero-order valence-corrected chi connectivity index (χ0v) is 14.0. The molecule has 24 heavy (non-hydrogen) atoms. The molecule has 2 rings (SSSR count). The lowest BCUT2D eigenvalue weighted by Crippen LogP contribution is -3.08. The molecule has 1 amide bonds. The number of carbonyl (C=O) groups is 1. The van der Waals surface area contributed by atoms with E-state index in [1.54, 1.807) is 7.11 Å². The van der Waals surface area contributed by atoms with Gasteiger partial charge in [0.25, 0.3) is 5.91 Å². The van der Waals surface area contributed by atoms with Crippen molar-refractivity contribution < 1.29 is 23.2 Å². The maximum atomic E-state index is 13.6. The molecular weight excluding hydrogens is 314 g/mol. The second-order valence-electron chi connectivity index (χ2n) is 5.80. The van der Waals surface area contributed by atoms with Crippen molar-refractivity contribution >= 4 is 11.6 Å². The summed E-state index contributed by atoms with van der Waals surface area (Å²) >= 11 is 0. The first kappa shape index (κ1) is 17.9. The predicted molar refractivity (Wildman–Crippen MR) is 88.2 cm³/mol. The summed E-state index contributed by atoms with van der Waals surface area (Å²) in [4.78, 5) is 13.0. The minimum atomic E-state index is -0.790. The van der Waals surface area contributed by atoms with E-state index in [2.05, 4.69) is 5.32 Å². The number of amides is 1. The Balaban J connectivity index is 1.98. The molecule has 0 fully saturated rings. The number of carbonyl (C=O) groups excluding carboxylic acids is 1. The third-order valence-electron chi connectivity index (χ3n) is 3.60. The Hall–Kier alpha value is -2.47. The number of quaternary nitrogens is 1. The van der Waals surface area contributed by atoms with E-state index in [-0.39, 0.29) is 18.1 Å². The van der Waals surface area contributed by atoms with Gasteiger partial charge in [0.05, 0.1) is 19.8 Å². The van der Waals surface area contributed by atoms with Gasteiger partial charge in [-0.3, -0.25) is 4.79 Å². The number of hydrogen-bond donors (Lipinski definition) is 2. The third-order valence-corrected chi connectivity index (χ3v) is 3.60. The van der Waals surface area contributed by atoms with Gasteiger partial charge in [-0.25, -0.2) is 8.78 Å². The van der Waals surface area contributed by atoms with E-state index in [1.807, 2.05) is 32.2 Å². The van der Waals surface area contributed by atoms with Crippen LogP contribution in [0.15, 0.2) is 36.4 Å². The Kier molecular flexibility index (Phi) is 5.87. The molecule has 2 N–H and O–H groups in total. The molecule has 2 aromatic carbocycles. The molecule has 1 unspecified atom stereocenters. The van der Waals surface area contributed by atoms with Crippen LogP contribution in [0.25, 0.3) is 0 Å². The van der Waals surface area contributed by atoms with Gasteiger partial charge >= 0.3 is 0 Å². The first-order valence-electron chi connectivity index (χ1n) is 7.58. The molecule has 0 heterocycles. The number of nitrogens with one attached hydrogen (secondary N) is 2. The van der Waals surface area contributed by atoms with E-state index < -0.39 is 11.6 Å².